The number of nitrogens with one attached hydrogen (secondary N) is 2. The topological polar surface area (TPSA) is 24.1 Å². The fraction of sp³-hybridized carbons (Fsp3) is 0.600. The van der Waals surface area contributed by atoms with Crippen LogP contribution in [0.25, 0.3) is 0 Å². The zero-order chi connectivity index (χ0) is 8.81. The zero-order valence-electron chi connectivity index (χ0n) is 7.93. The van der Waals surface area contributed by atoms with Crippen molar-refractivity contribution >= 4 is 0 Å². The van der Waals surface area contributed by atoms with Crippen LogP contribution in [0, 0.1) is 5.92 Å². The molecule has 68 valence electrons. The first-order valence-corrected chi connectivity index (χ1v) is 4.59. The Labute approximate surface area is 74.7 Å². The van der Waals surface area contributed by atoms with Crippen LogP contribution in [0.5, 0.6) is 0 Å². The lowest BCUT2D eigenvalue weighted by Gasteiger charge is -2.15. The molecule has 1 heterocycles. The minimum Gasteiger partial charge on any atom is -0.387 e. The first-order chi connectivity index (χ1) is 5.84. The molecule has 0 bridgehead atoms. The molecule has 2 nitrogen and oxygen atoms in total. The lowest BCUT2D eigenvalue weighted by atomic mass is 9.97. The molecule has 12 heavy (non-hydrogen) atoms. The van der Waals surface area contributed by atoms with E-state index in [4.69, 9.17) is 0 Å². The molecule has 0 fully saturated rings. The van der Waals surface area contributed by atoms with Crippen LogP contribution in [0.1, 0.15) is 13.3 Å². The van der Waals surface area contributed by atoms with Gasteiger partial charge in [0.2, 0.25) is 0 Å². The van der Waals surface area contributed by atoms with Crippen LogP contribution in [0.2, 0.25) is 0 Å². The first-order valence-electron chi connectivity index (χ1n) is 4.59. The minimum atomic E-state index is 0.654. The molecule has 2 heteroatoms. The normalized spacial score (nSPS) is 18.3. The Morgan fingerprint density at radius 2 is 2.50 bits per heavy atom. The van der Waals surface area contributed by atoms with E-state index in [1.807, 2.05) is 7.05 Å². The molecule has 1 atom stereocenters. The van der Waals surface area contributed by atoms with Gasteiger partial charge in [0.1, 0.15) is 0 Å². The lowest BCUT2D eigenvalue weighted by Crippen LogP contribution is -2.16. The molecule has 0 saturated heterocycles. The summed E-state index contributed by atoms with van der Waals surface area (Å²) in [7, 11) is 2.00. The highest BCUT2D eigenvalue weighted by Gasteiger charge is 2.06. The summed E-state index contributed by atoms with van der Waals surface area (Å²) in [6, 6.07) is 0. The van der Waals surface area contributed by atoms with Gasteiger partial charge in [-0.2, -0.15) is 0 Å². The molecule has 0 radical (unpaired) electrons. The molecular weight excluding hydrogens is 148 g/mol. The van der Waals surface area contributed by atoms with Gasteiger partial charge in [0.25, 0.3) is 0 Å². The van der Waals surface area contributed by atoms with Gasteiger partial charge in [-0.3, -0.25) is 0 Å². The van der Waals surface area contributed by atoms with Crippen molar-refractivity contribution in [2.75, 3.05) is 20.1 Å². The summed E-state index contributed by atoms with van der Waals surface area (Å²) in [5.74, 6) is 0.654. The predicted molar refractivity (Wildman–Crippen MR) is 52.9 cm³/mol. The summed E-state index contributed by atoms with van der Waals surface area (Å²) in [6.45, 7) is 4.33. The van der Waals surface area contributed by atoms with E-state index in [1.165, 1.54) is 12.0 Å². The van der Waals surface area contributed by atoms with Crippen LogP contribution < -0.4 is 10.6 Å². The van der Waals surface area contributed by atoms with Gasteiger partial charge in [0, 0.05) is 12.7 Å². The van der Waals surface area contributed by atoms with Gasteiger partial charge < -0.3 is 10.6 Å². The van der Waals surface area contributed by atoms with E-state index >= 15 is 0 Å². The fourth-order valence-corrected chi connectivity index (χ4v) is 1.32. The quantitative estimate of drug-likeness (QED) is 0.657. The van der Waals surface area contributed by atoms with Gasteiger partial charge in [-0.05, 0) is 31.5 Å². The molecule has 0 saturated carbocycles. The van der Waals surface area contributed by atoms with E-state index in [9.17, 15) is 0 Å². The number of allylic oxidation sites excluding steroid dienone is 2. The van der Waals surface area contributed by atoms with Crippen molar-refractivity contribution in [3.63, 3.8) is 0 Å². The van der Waals surface area contributed by atoms with Crippen molar-refractivity contribution in [2.45, 2.75) is 13.3 Å². The summed E-state index contributed by atoms with van der Waals surface area (Å²) in [5, 5.41) is 6.39. The Hall–Kier alpha value is -0.760. The van der Waals surface area contributed by atoms with Crippen molar-refractivity contribution in [1.82, 2.24) is 10.6 Å². The highest BCUT2D eigenvalue weighted by atomic mass is 14.8. The summed E-state index contributed by atoms with van der Waals surface area (Å²) >= 11 is 0. The molecule has 1 rings (SSSR count). The van der Waals surface area contributed by atoms with Gasteiger partial charge in [0.05, 0.1) is 0 Å². The molecule has 0 amide bonds. The van der Waals surface area contributed by atoms with Crippen LogP contribution in [0.4, 0.5) is 0 Å². The van der Waals surface area contributed by atoms with Crippen LogP contribution in [-0.2, 0) is 0 Å². The number of hydrogen-bond donors (Lipinski definition) is 2. The molecule has 0 aliphatic carbocycles. The third-order valence-corrected chi connectivity index (χ3v) is 2.21. The van der Waals surface area contributed by atoms with Crippen LogP contribution >= 0.6 is 0 Å². The van der Waals surface area contributed by atoms with E-state index in [0.717, 1.165) is 13.1 Å². The molecule has 0 aromatic carbocycles. The summed E-state index contributed by atoms with van der Waals surface area (Å²) < 4.78 is 0. The highest BCUT2D eigenvalue weighted by Crippen LogP contribution is 2.15. The van der Waals surface area contributed by atoms with E-state index in [2.05, 4.69) is 35.9 Å². The Kier molecular flexibility index (Phi) is 3.88. The standard InChI is InChI=1S/C10H18N2/c1-9(5-7-11-2)10-4-3-6-12-8-10/h3-4,8-9,11-12H,5-7H2,1-2H3. The van der Waals surface area contributed by atoms with E-state index in [1.54, 1.807) is 0 Å². The van der Waals surface area contributed by atoms with Gasteiger partial charge in [-0.1, -0.05) is 19.1 Å². The average Bonchev–Trinajstić information content (AvgIpc) is 2.15. The summed E-state index contributed by atoms with van der Waals surface area (Å²) in [4.78, 5) is 0. The summed E-state index contributed by atoms with van der Waals surface area (Å²) in [5.41, 5.74) is 1.41. The maximum atomic E-state index is 3.22. The number of dihydropyridines is 1. The third-order valence-electron chi connectivity index (χ3n) is 2.21. The van der Waals surface area contributed by atoms with E-state index in [-0.39, 0.29) is 0 Å². The van der Waals surface area contributed by atoms with Crippen molar-refractivity contribution in [3.8, 4) is 0 Å². The molecule has 0 aromatic heterocycles. The van der Waals surface area contributed by atoms with E-state index < -0.39 is 0 Å². The maximum absolute atomic E-state index is 3.22. The molecule has 1 unspecified atom stereocenters. The van der Waals surface area contributed by atoms with Gasteiger partial charge in [0.15, 0.2) is 0 Å². The lowest BCUT2D eigenvalue weighted by molar-refractivity contribution is 0.588. The minimum absolute atomic E-state index is 0.654. The van der Waals surface area contributed by atoms with Gasteiger partial charge in [-0.25, -0.2) is 0 Å². The number of rotatable bonds is 4. The van der Waals surface area contributed by atoms with Crippen molar-refractivity contribution < 1.29 is 0 Å². The third kappa shape index (κ3) is 2.70. The van der Waals surface area contributed by atoms with Gasteiger partial charge >= 0.3 is 0 Å². The molecule has 1 aliphatic heterocycles. The largest absolute Gasteiger partial charge is 0.387 e. The van der Waals surface area contributed by atoms with Crippen LogP contribution in [0.15, 0.2) is 23.9 Å². The molecule has 0 aromatic rings. The number of hydrogen-bond acceptors (Lipinski definition) is 2. The second-order valence-electron chi connectivity index (χ2n) is 3.25. The first kappa shape index (κ1) is 9.33. The van der Waals surface area contributed by atoms with Crippen LogP contribution in [-0.4, -0.2) is 20.1 Å². The average molecular weight is 166 g/mol. The Balaban J connectivity index is 2.35. The van der Waals surface area contributed by atoms with E-state index in [0.29, 0.717) is 5.92 Å². The SMILES string of the molecule is CNCCC(C)C1=CNCC=C1. The molecule has 0 spiro atoms. The molecule has 1 aliphatic rings. The second kappa shape index (κ2) is 4.99. The molecule has 2 N–H and O–H groups in total. The van der Waals surface area contributed by atoms with Crippen molar-refractivity contribution in [3.05, 3.63) is 23.9 Å². The Bertz CT molecular complexity index is 182. The fourth-order valence-electron chi connectivity index (χ4n) is 1.32. The van der Waals surface area contributed by atoms with Crippen molar-refractivity contribution in [2.24, 2.45) is 5.92 Å². The summed E-state index contributed by atoms with van der Waals surface area (Å²) in [6.07, 6.45) is 7.72. The van der Waals surface area contributed by atoms with Crippen molar-refractivity contribution in [1.29, 1.82) is 0 Å². The van der Waals surface area contributed by atoms with Crippen LogP contribution in [0.3, 0.4) is 0 Å². The smallest absolute Gasteiger partial charge is 0.0328 e. The monoisotopic (exact) mass is 166 g/mol. The Morgan fingerprint density at radius 3 is 3.08 bits per heavy atom. The molecular formula is C10H18N2. The van der Waals surface area contributed by atoms with Gasteiger partial charge in [-0.15, -0.1) is 0 Å². The maximum Gasteiger partial charge on any atom is 0.0328 e. The Morgan fingerprint density at radius 1 is 1.67 bits per heavy atom. The highest BCUT2D eigenvalue weighted by molar-refractivity contribution is 5.23. The predicted octanol–water partition coefficient (Wildman–Crippen LogP) is 1.28. The zero-order valence-corrected chi connectivity index (χ0v) is 7.93. The second-order valence-corrected chi connectivity index (χ2v) is 3.25.